The molecule has 0 aromatic heterocycles. The van der Waals surface area contributed by atoms with E-state index in [2.05, 4.69) is 6.92 Å². The van der Waals surface area contributed by atoms with E-state index in [1.807, 2.05) is 6.08 Å². The summed E-state index contributed by atoms with van der Waals surface area (Å²) in [6.07, 6.45) is 10.9. The molecule has 0 saturated carbocycles. The molecule has 1 heterocycles. The lowest BCUT2D eigenvalue weighted by atomic mass is 10.1. The number of epoxide rings is 1. The standard InChI is InChI=1S/C13H22O3/c1-2-3-4-5-6-7-8-9-13(14)16-11-12-10-15-12/h8-9,12H,2-7,10-11H2,1H3/b9-8+. The molecule has 0 aromatic rings. The lowest BCUT2D eigenvalue weighted by Gasteiger charge is -1.98. The Labute approximate surface area is 97.8 Å². The zero-order valence-corrected chi connectivity index (χ0v) is 10.1. The molecule has 0 N–H and O–H groups in total. The molecule has 1 aliphatic rings. The third kappa shape index (κ3) is 7.46. The van der Waals surface area contributed by atoms with Gasteiger partial charge in [0, 0.05) is 6.08 Å². The fraction of sp³-hybridized carbons (Fsp3) is 0.769. The highest BCUT2D eigenvalue weighted by molar-refractivity contribution is 5.81. The second kappa shape index (κ2) is 8.34. The van der Waals surface area contributed by atoms with Crippen LogP contribution in [0.3, 0.4) is 0 Å². The van der Waals surface area contributed by atoms with Crippen molar-refractivity contribution in [2.45, 2.75) is 51.6 Å². The summed E-state index contributed by atoms with van der Waals surface area (Å²) in [5.41, 5.74) is 0. The van der Waals surface area contributed by atoms with Crippen LogP contribution >= 0.6 is 0 Å². The fourth-order valence-corrected chi connectivity index (χ4v) is 1.43. The highest BCUT2D eigenvalue weighted by atomic mass is 16.6. The topological polar surface area (TPSA) is 38.8 Å². The Bertz CT molecular complexity index is 219. The average Bonchev–Trinajstić information content (AvgIpc) is 3.09. The second-order valence-electron chi connectivity index (χ2n) is 4.19. The van der Waals surface area contributed by atoms with Gasteiger partial charge in [-0.25, -0.2) is 4.79 Å². The number of ether oxygens (including phenoxy) is 2. The van der Waals surface area contributed by atoms with Gasteiger partial charge in [-0.3, -0.25) is 0 Å². The molecule has 3 heteroatoms. The van der Waals surface area contributed by atoms with E-state index in [-0.39, 0.29) is 12.1 Å². The molecule has 1 saturated heterocycles. The van der Waals surface area contributed by atoms with Crippen molar-refractivity contribution < 1.29 is 14.3 Å². The summed E-state index contributed by atoms with van der Waals surface area (Å²) < 4.78 is 9.90. The van der Waals surface area contributed by atoms with Gasteiger partial charge in [0.2, 0.25) is 0 Å². The first-order valence-electron chi connectivity index (χ1n) is 6.28. The van der Waals surface area contributed by atoms with Gasteiger partial charge in [0.05, 0.1) is 6.61 Å². The molecule has 0 bridgehead atoms. The lowest BCUT2D eigenvalue weighted by molar-refractivity contribution is -0.138. The maximum Gasteiger partial charge on any atom is 0.330 e. The van der Waals surface area contributed by atoms with Crippen LogP contribution in [0.4, 0.5) is 0 Å². The van der Waals surface area contributed by atoms with E-state index in [9.17, 15) is 4.79 Å². The first-order valence-corrected chi connectivity index (χ1v) is 6.28. The van der Waals surface area contributed by atoms with Crippen LogP contribution < -0.4 is 0 Å². The number of rotatable bonds is 9. The van der Waals surface area contributed by atoms with Crippen molar-refractivity contribution in [2.75, 3.05) is 13.2 Å². The van der Waals surface area contributed by atoms with Crippen LogP contribution in [-0.4, -0.2) is 25.3 Å². The molecule has 1 rings (SSSR count). The number of allylic oxidation sites excluding steroid dienone is 1. The van der Waals surface area contributed by atoms with Crippen LogP contribution in [0.15, 0.2) is 12.2 Å². The summed E-state index contributed by atoms with van der Waals surface area (Å²) in [5, 5.41) is 0. The van der Waals surface area contributed by atoms with Gasteiger partial charge in [-0.1, -0.05) is 38.7 Å². The molecule has 1 aliphatic heterocycles. The van der Waals surface area contributed by atoms with Gasteiger partial charge in [-0.2, -0.15) is 0 Å². The Kier molecular flexibility index (Phi) is 6.90. The molecule has 0 radical (unpaired) electrons. The highest BCUT2D eigenvalue weighted by Gasteiger charge is 2.23. The minimum atomic E-state index is -0.246. The SMILES string of the molecule is CCCCCCC/C=C/C(=O)OCC1CO1. The van der Waals surface area contributed by atoms with Crippen LogP contribution in [0.5, 0.6) is 0 Å². The molecule has 0 aromatic carbocycles. The second-order valence-corrected chi connectivity index (χ2v) is 4.19. The minimum Gasteiger partial charge on any atom is -0.460 e. The number of hydrogen-bond acceptors (Lipinski definition) is 3. The van der Waals surface area contributed by atoms with Crippen molar-refractivity contribution in [3.05, 3.63) is 12.2 Å². The Hall–Kier alpha value is -0.830. The van der Waals surface area contributed by atoms with Crippen LogP contribution in [0.2, 0.25) is 0 Å². The van der Waals surface area contributed by atoms with Crippen LogP contribution in [-0.2, 0) is 14.3 Å². The Morgan fingerprint density at radius 3 is 2.81 bits per heavy atom. The van der Waals surface area contributed by atoms with Crippen LogP contribution in [0.25, 0.3) is 0 Å². The summed E-state index contributed by atoms with van der Waals surface area (Å²) in [6, 6.07) is 0. The molecule has 0 spiro atoms. The quantitative estimate of drug-likeness (QED) is 0.263. The third-order valence-electron chi connectivity index (χ3n) is 2.54. The highest BCUT2D eigenvalue weighted by Crippen LogP contribution is 2.09. The van der Waals surface area contributed by atoms with E-state index < -0.39 is 0 Å². The number of carbonyl (C=O) groups excluding carboxylic acids is 1. The van der Waals surface area contributed by atoms with Gasteiger partial charge in [-0.05, 0) is 12.8 Å². The molecule has 92 valence electrons. The zero-order chi connectivity index (χ0) is 11.6. The fourth-order valence-electron chi connectivity index (χ4n) is 1.43. The normalized spacial score (nSPS) is 18.9. The van der Waals surface area contributed by atoms with Crippen molar-refractivity contribution in [1.29, 1.82) is 0 Å². The van der Waals surface area contributed by atoms with E-state index in [1.54, 1.807) is 0 Å². The Balaban J connectivity index is 1.87. The molecule has 3 nitrogen and oxygen atoms in total. The lowest BCUT2D eigenvalue weighted by Crippen LogP contribution is -2.06. The Morgan fingerprint density at radius 2 is 2.12 bits per heavy atom. The van der Waals surface area contributed by atoms with Gasteiger partial charge in [0.25, 0.3) is 0 Å². The number of esters is 1. The average molecular weight is 226 g/mol. The monoisotopic (exact) mass is 226 g/mol. The van der Waals surface area contributed by atoms with Crippen molar-refractivity contribution in [2.24, 2.45) is 0 Å². The summed E-state index contributed by atoms with van der Waals surface area (Å²) in [6.45, 7) is 3.34. The van der Waals surface area contributed by atoms with E-state index in [0.29, 0.717) is 6.61 Å². The van der Waals surface area contributed by atoms with Gasteiger partial charge >= 0.3 is 5.97 Å². The first kappa shape index (κ1) is 13.2. The predicted octanol–water partition coefficient (Wildman–Crippen LogP) is 2.85. The van der Waals surface area contributed by atoms with Crippen LogP contribution in [0.1, 0.15) is 45.4 Å². The summed E-state index contributed by atoms with van der Waals surface area (Å²) in [4.78, 5) is 11.1. The van der Waals surface area contributed by atoms with Crippen molar-refractivity contribution in [3.63, 3.8) is 0 Å². The summed E-state index contributed by atoms with van der Waals surface area (Å²) in [7, 11) is 0. The van der Waals surface area contributed by atoms with Gasteiger partial charge in [-0.15, -0.1) is 0 Å². The van der Waals surface area contributed by atoms with Crippen molar-refractivity contribution >= 4 is 5.97 Å². The summed E-state index contributed by atoms with van der Waals surface area (Å²) in [5.74, 6) is -0.246. The third-order valence-corrected chi connectivity index (χ3v) is 2.54. The van der Waals surface area contributed by atoms with E-state index in [4.69, 9.17) is 9.47 Å². The zero-order valence-electron chi connectivity index (χ0n) is 10.1. The maximum absolute atomic E-state index is 11.1. The Morgan fingerprint density at radius 1 is 1.38 bits per heavy atom. The van der Waals surface area contributed by atoms with Crippen molar-refractivity contribution in [1.82, 2.24) is 0 Å². The summed E-state index contributed by atoms with van der Waals surface area (Å²) >= 11 is 0. The molecule has 1 fully saturated rings. The van der Waals surface area contributed by atoms with Crippen LogP contribution in [0, 0.1) is 0 Å². The van der Waals surface area contributed by atoms with Gasteiger partial charge in [0.15, 0.2) is 0 Å². The van der Waals surface area contributed by atoms with E-state index in [1.165, 1.54) is 31.8 Å². The molecule has 1 atom stereocenters. The van der Waals surface area contributed by atoms with Crippen molar-refractivity contribution in [3.8, 4) is 0 Å². The molecule has 0 aliphatic carbocycles. The number of unbranched alkanes of at least 4 members (excludes halogenated alkanes) is 5. The molecular weight excluding hydrogens is 204 g/mol. The van der Waals surface area contributed by atoms with E-state index >= 15 is 0 Å². The van der Waals surface area contributed by atoms with Gasteiger partial charge in [0.1, 0.15) is 12.7 Å². The first-order chi connectivity index (χ1) is 7.83. The largest absolute Gasteiger partial charge is 0.460 e. The number of hydrogen-bond donors (Lipinski definition) is 0. The van der Waals surface area contributed by atoms with E-state index in [0.717, 1.165) is 19.4 Å². The number of carbonyl (C=O) groups is 1. The smallest absolute Gasteiger partial charge is 0.330 e. The molecule has 16 heavy (non-hydrogen) atoms. The molecule has 1 unspecified atom stereocenters. The minimum absolute atomic E-state index is 0.159. The van der Waals surface area contributed by atoms with Gasteiger partial charge < -0.3 is 9.47 Å². The molecular formula is C13H22O3. The molecule has 0 amide bonds. The maximum atomic E-state index is 11.1. The predicted molar refractivity (Wildman–Crippen MR) is 63.2 cm³/mol.